The predicted octanol–water partition coefficient (Wildman–Crippen LogP) is 11.3. The number of carbonyl (C=O) groups excluding carboxylic acids is 1. The Balaban J connectivity index is 0.784. The molecule has 74 heavy (non-hydrogen) atoms. The van der Waals surface area contributed by atoms with Crippen LogP contribution in [0.2, 0.25) is 0 Å². The number of pyridine rings is 1. The highest BCUT2D eigenvalue weighted by Crippen LogP contribution is 2.50. The minimum absolute atomic E-state index is 0.0439. The van der Waals surface area contributed by atoms with E-state index in [1.165, 1.54) is 22.3 Å². The van der Waals surface area contributed by atoms with Gasteiger partial charge in [-0.25, -0.2) is 9.37 Å². The van der Waals surface area contributed by atoms with Crippen molar-refractivity contribution in [2.75, 3.05) is 46.1 Å². The van der Waals surface area contributed by atoms with Crippen LogP contribution in [0, 0.1) is 24.1 Å². The predicted molar refractivity (Wildman–Crippen MR) is 299 cm³/mol. The number of halogens is 1. The summed E-state index contributed by atoms with van der Waals surface area (Å²) in [6, 6.07) is 12.2. The minimum Gasteiger partial charge on any atom is -0.493 e. The largest absolute Gasteiger partial charge is 0.493 e. The Bertz CT molecular complexity index is 2770. The number of nitrogens with one attached hydrogen (secondary N) is 5. The molecule has 5 aliphatic rings. The Labute approximate surface area is 440 Å². The lowest BCUT2D eigenvalue weighted by Crippen LogP contribution is -2.36. The van der Waals surface area contributed by atoms with Gasteiger partial charge < -0.3 is 45.9 Å². The molecule has 3 aromatic rings. The van der Waals surface area contributed by atoms with Gasteiger partial charge in [-0.05, 0) is 98.6 Å². The molecule has 4 aliphatic heterocycles. The van der Waals surface area contributed by atoms with Crippen molar-refractivity contribution in [3.8, 4) is 0 Å². The molecule has 1 aliphatic carbocycles. The number of hydrogen-bond acceptors (Lipinski definition) is 10. The summed E-state index contributed by atoms with van der Waals surface area (Å²) < 4.78 is 27.7. The number of unbranched alkanes of at least 4 members (excludes halogenated alkanes) is 2. The Morgan fingerprint density at radius 3 is 2.46 bits per heavy atom. The molecule has 1 saturated heterocycles. The van der Waals surface area contributed by atoms with Gasteiger partial charge in [0.2, 0.25) is 5.91 Å². The van der Waals surface area contributed by atoms with Crippen molar-refractivity contribution in [1.29, 1.82) is 0 Å². The van der Waals surface area contributed by atoms with Crippen molar-refractivity contribution < 1.29 is 18.7 Å². The molecule has 3 atom stereocenters. The van der Waals surface area contributed by atoms with E-state index >= 15 is 4.39 Å². The van der Waals surface area contributed by atoms with Crippen LogP contribution < -0.4 is 26.6 Å². The number of aryl methyl sites for hydroxylation is 1. The van der Waals surface area contributed by atoms with Crippen LogP contribution in [0.1, 0.15) is 125 Å². The fourth-order valence-corrected chi connectivity index (χ4v) is 11.8. The van der Waals surface area contributed by atoms with Crippen molar-refractivity contribution in [2.24, 2.45) is 11.3 Å². The monoisotopic (exact) mass is 1000 g/mol. The number of carbonyl (C=O) groups is 1. The van der Waals surface area contributed by atoms with E-state index in [1.807, 2.05) is 17.9 Å². The molecular weight excluding hydrogens is 924 g/mol. The number of allylic oxidation sites excluding steroid dienone is 4. The van der Waals surface area contributed by atoms with E-state index in [0.29, 0.717) is 63.6 Å². The van der Waals surface area contributed by atoms with Crippen molar-refractivity contribution in [2.45, 2.75) is 123 Å². The molecule has 1 aromatic heterocycles. The van der Waals surface area contributed by atoms with Crippen LogP contribution in [0.5, 0.6) is 0 Å². The van der Waals surface area contributed by atoms with E-state index in [1.54, 1.807) is 6.07 Å². The van der Waals surface area contributed by atoms with E-state index in [0.717, 1.165) is 145 Å². The van der Waals surface area contributed by atoms with Crippen molar-refractivity contribution in [3.63, 3.8) is 0 Å². The minimum atomic E-state index is -0.254. The van der Waals surface area contributed by atoms with Gasteiger partial charge >= 0.3 is 0 Å². The van der Waals surface area contributed by atoms with E-state index < -0.39 is 0 Å². The zero-order valence-electron chi connectivity index (χ0n) is 44.8. The Morgan fingerprint density at radius 2 is 1.72 bits per heavy atom. The number of benzene rings is 2. The maximum Gasteiger partial charge on any atom is 0.233 e. The second-order valence-electron chi connectivity index (χ2n) is 21.0. The first-order valence-electron chi connectivity index (χ1n) is 27.1. The summed E-state index contributed by atoms with van der Waals surface area (Å²) in [5.74, 6) is 0.927. The lowest BCUT2D eigenvalue weighted by molar-refractivity contribution is -0.135. The third-order valence-electron chi connectivity index (χ3n) is 16.2. The van der Waals surface area contributed by atoms with Gasteiger partial charge in [0.15, 0.2) is 0 Å². The third kappa shape index (κ3) is 11.6. The normalized spacial score (nSPS) is 18.9. The molecule has 394 valence electrons. The summed E-state index contributed by atoms with van der Waals surface area (Å²) >= 11 is 0. The number of aromatic nitrogens is 1. The van der Waals surface area contributed by atoms with Crippen LogP contribution in [0.4, 0.5) is 4.39 Å². The number of hydrogen-bond donors (Lipinski definition) is 5. The van der Waals surface area contributed by atoms with Gasteiger partial charge in [0.05, 0.1) is 54.3 Å². The average molecular weight is 1010 g/mol. The smallest absolute Gasteiger partial charge is 0.233 e. The van der Waals surface area contributed by atoms with Crippen molar-refractivity contribution in [3.05, 3.63) is 179 Å². The first-order valence-corrected chi connectivity index (χ1v) is 27.1. The molecule has 1 fully saturated rings. The van der Waals surface area contributed by atoms with Crippen LogP contribution in [-0.4, -0.2) is 72.9 Å². The summed E-state index contributed by atoms with van der Waals surface area (Å²) in [6.07, 6.45) is 12.6. The van der Waals surface area contributed by atoms with Gasteiger partial charge in [-0.1, -0.05) is 104 Å². The highest BCUT2D eigenvalue weighted by molar-refractivity contribution is 5.93. The van der Waals surface area contributed by atoms with Crippen LogP contribution in [0.15, 0.2) is 140 Å². The summed E-state index contributed by atoms with van der Waals surface area (Å²) in [6.45, 7) is 42.9. The highest BCUT2D eigenvalue weighted by Gasteiger charge is 2.46. The quantitative estimate of drug-likeness (QED) is 0.0356. The van der Waals surface area contributed by atoms with Crippen LogP contribution in [0.25, 0.3) is 16.6 Å². The molecule has 12 heteroatoms. The fourth-order valence-electron chi connectivity index (χ4n) is 11.8. The standard InChI is InChI=1S/C62H81FN8O3/c1-12-49-46(11)74-37-53-45(10)71-36-52-59-55(25-24-50-44(9)54(63)32-56(58(50)59)69-60(52)57(71)31-51(49)53)64-26-28-73-38-67-40(5)29-48(30-47-22-18-15-19-23-47)68-42(7)35-66-41(6)34-65-39(4)21-17-16-20-27-70-43(8)33-62(13-2,14-3)61(70)72/h15,18-19,22-23,31-32,48-49,55,64-68H,4-8,10-14,16-17,20-21,24-30,33-38H2,1-3,9H3. The first kappa shape index (κ1) is 53.9. The molecule has 11 nitrogen and oxygen atoms in total. The summed E-state index contributed by atoms with van der Waals surface area (Å²) in [5.41, 5.74) is 15.5. The maximum absolute atomic E-state index is 15.5. The number of amides is 1. The summed E-state index contributed by atoms with van der Waals surface area (Å²) in [4.78, 5) is 22.5. The number of rotatable bonds is 28. The van der Waals surface area contributed by atoms with Gasteiger partial charge in [-0.2, -0.15) is 0 Å². The SMILES string of the molecule is C=C(CCCCCN1C(=C)CC(CC)(CC)C1=O)NCC(=C)NCC(=C)NC(CC(=C)NCOCCNC1CCc2c(C)c(F)cc3nc4c(c1c23)CN1C(=C)C2=C(C=C41)C(CC)C(=C)OC2)Cc1ccccc1. The molecule has 3 unspecified atom stereocenters. The van der Waals surface area contributed by atoms with Gasteiger partial charge in [0.1, 0.15) is 19.2 Å². The molecule has 0 saturated carbocycles. The van der Waals surface area contributed by atoms with Crippen LogP contribution in [0.3, 0.4) is 0 Å². The zero-order valence-corrected chi connectivity index (χ0v) is 44.8. The molecule has 5 N–H and O–H groups in total. The molecule has 0 spiro atoms. The molecule has 8 rings (SSSR count). The highest BCUT2D eigenvalue weighted by atomic mass is 19.1. The van der Waals surface area contributed by atoms with Crippen molar-refractivity contribution in [1.82, 2.24) is 41.4 Å². The van der Waals surface area contributed by atoms with Gasteiger partial charge in [-0.3, -0.25) is 4.79 Å². The fraction of sp³-hybridized carbons (Fsp3) is 0.452. The molecule has 0 bridgehead atoms. The summed E-state index contributed by atoms with van der Waals surface area (Å²) in [7, 11) is 0. The molecular formula is C62H81FN8O3. The van der Waals surface area contributed by atoms with Gasteiger partial charge in [-0.15, -0.1) is 0 Å². The van der Waals surface area contributed by atoms with Gasteiger partial charge in [0.25, 0.3) is 0 Å². The first-order chi connectivity index (χ1) is 35.7. The van der Waals surface area contributed by atoms with Crippen LogP contribution >= 0.6 is 0 Å². The number of ether oxygens (including phenoxy) is 2. The summed E-state index contributed by atoms with van der Waals surface area (Å²) in [5, 5.41) is 18.8. The second kappa shape index (κ2) is 23.9. The number of fused-ring (bicyclic) bond motifs is 4. The Kier molecular flexibility index (Phi) is 17.4. The second-order valence-corrected chi connectivity index (χ2v) is 21.0. The molecule has 0 radical (unpaired) electrons. The maximum atomic E-state index is 15.5. The van der Waals surface area contributed by atoms with E-state index in [2.05, 4.69) is 129 Å². The van der Waals surface area contributed by atoms with Crippen molar-refractivity contribution >= 4 is 22.5 Å². The van der Waals surface area contributed by atoms with E-state index in [4.69, 9.17) is 14.5 Å². The lowest BCUT2D eigenvalue weighted by atomic mass is 9.80. The van der Waals surface area contributed by atoms with Gasteiger partial charge in [0, 0.05) is 101 Å². The van der Waals surface area contributed by atoms with Crippen LogP contribution in [-0.2, 0) is 33.7 Å². The number of nitrogens with zero attached hydrogens (tertiary/aromatic N) is 3. The molecule has 1 amide bonds. The lowest BCUT2D eigenvalue weighted by Gasteiger charge is -2.37. The van der Waals surface area contributed by atoms with E-state index in [9.17, 15) is 4.79 Å². The molecule has 5 heterocycles. The van der Waals surface area contributed by atoms with E-state index in [-0.39, 0.29) is 35.1 Å². The number of likely N-dealkylation sites (tertiary alicyclic amines) is 1. The Morgan fingerprint density at radius 1 is 0.959 bits per heavy atom. The average Bonchev–Trinajstić information content (AvgIpc) is 3.88. The topological polar surface area (TPSA) is 115 Å². The zero-order chi connectivity index (χ0) is 52.7. The molecule has 2 aromatic carbocycles. The Hall–Kier alpha value is -6.37. The third-order valence-corrected chi connectivity index (χ3v) is 16.2.